The van der Waals surface area contributed by atoms with Crippen LogP contribution in [-0.2, 0) is 9.53 Å². The predicted molar refractivity (Wildman–Crippen MR) is 66.5 cm³/mol. The van der Waals surface area contributed by atoms with Gasteiger partial charge in [-0.25, -0.2) is 0 Å². The Labute approximate surface area is 99.3 Å². The average molecular weight is 230 g/mol. The van der Waals surface area contributed by atoms with Gasteiger partial charge < -0.3 is 15.0 Å². The van der Waals surface area contributed by atoms with Gasteiger partial charge in [-0.3, -0.25) is 4.79 Å². The summed E-state index contributed by atoms with van der Waals surface area (Å²) < 4.78 is 4.80. The first kappa shape index (κ1) is 15.4. The normalized spacial score (nSPS) is 15.2. The molecule has 0 rings (SSSR count). The standard InChI is InChI=1S/C12H26N2O2/c1-10(2)14(5)9-7-8-12(3,13-4)11(15)16-6/h10,13H,7-9H2,1-6H3. The lowest BCUT2D eigenvalue weighted by molar-refractivity contribution is -0.148. The fraction of sp³-hybridized carbons (Fsp3) is 0.917. The van der Waals surface area contributed by atoms with Gasteiger partial charge in [0.1, 0.15) is 5.54 Å². The quantitative estimate of drug-likeness (QED) is 0.669. The Morgan fingerprint density at radius 1 is 1.50 bits per heavy atom. The van der Waals surface area contributed by atoms with Gasteiger partial charge in [0.2, 0.25) is 0 Å². The number of ether oxygens (including phenoxy) is 1. The summed E-state index contributed by atoms with van der Waals surface area (Å²) in [6.07, 6.45) is 1.76. The number of nitrogens with zero attached hydrogens (tertiary/aromatic N) is 1. The molecule has 1 N–H and O–H groups in total. The minimum absolute atomic E-state index is 0.192. The Morgan fingerprint density at radius 2 is 2.06 bits per heavy atom. The van der Waals surface area contributed by atoms with Crippen LogP contribution in [0.2, 0.25) is 0 Å². The van der Waals surface area contributed by atoms with Crippen LogP contribution in [0.15, 0.2) is 0 Å². The monoisotopic (exact) mass is 230 g/mol. The SMILES string of the molecule is CNC(C)(CCCN(C)C(C)C)C(=O)OC. The summed E-state index contributed by atoms with van der Waals surface area (Å²) >= 11 is 0. The van der Waals surface area contributed by atoms with Crippen molar-refractivity contribution in [3.63, 3.8) is 0 Å². The molecule has 0 saturated carbocycles. The van der Waals surface area contributed by atoms with Gasteiger partial charge in [-0.05, 0) is 54.3 Å². The number of esters is 1. The molecule has 16 heavy (non-hydrogen) atoms. The Kier molecular flexibility index (Phi) is 6.60. The van der Waals surface area contributed by atoms with Crippen LogP contribution in [0.3, 0.4) is 0 Å². The molecular formula is C12H26N2O2. The number of carbonyl (C=O) groups excluding carboxylic acids is 1. The number of hydrogen-bond acceptors (Lipinski definition) is 4. The van der Waals surface area contributed by atoms with Crippen molar-refractivity contribution in [1.82, 2.24) is 10.2 Å². The van der Waals surface area contributed by atoms with Crippen LogP contribution >= 0.6 is 0 Å². The molecule has 0 heterocycles. The highest BCUT2D eigenvalue weighted by molar-refractivity contribution is 5.80. The Bertz CT molecular complexity index is 219. The van der Waals surface area contributed by atoms with Crippen LogP contribution in [0.25, 0.3) is 0 Å². The molecular weight excluding hydrogens is 204 g/mol. The van der Waals surface area contributed by atoms with Crippen molar-refractivity contribution in [2.24, 2.45) is 0 Å². The van der Waals surface area contributed by atoms with Crippen molar-refractivity contribution in [1.29, 1.82) is 0 Å². The Morgan fingerprint density at radius 3 is 2.44 bits per heavy atom. The summed E-state index contributed by atoms with van der Waals surface area (Å²) in [5.41, 5.74) is -0.563. The molecule has 0 aliphatic carbocycles. The van der Waals surface area contributed by atoms with E-state index >= 15 is 0 Å². The molecule has 0 amide bonds. The average Bonchev–Trinajstić information content (AvgIpc) is 2.27. The van der Waals surface area contributed by atoms with E-state index in [2.05, 4.69) is 31.1 Å². The molecule has 4 nitrogen and oxygen atoms in total. The molecule has 0 aromatic rings. The molecule has 0 aliphatic heterocycles. The van der Waals surface area contributed by atoms with E-state index in [1.807, 2.05) is 6.92 Å². The van der Waals surface area contributed by atoms with Gasteiger partial charge in [0.25, 0.3) is 0 Å². The van der Waals surface area contributed by atoms with Crippen LogP contribution in [0.4, 0.5) is 0 Å². The third-order valence-electron chi connectivity index (χ3n) is 3.26. The second-order valence-electron chi connectivity index (χ2n) is 4.75. The second kappa shape index (κ2) is 6.86. The number of hydrogen-bond donors (Lipinski definition) is 1. The number of likely N-dealkylation sites (N-methyl/N-ethyl adjacent to an activating group) is 1. The van der Waals surface area contributed by atoms with Crippen molar-refractivity contribution in [3.8, 4) is 0 Å². The minimum Gasteiger partial charge on any atom is -0.468 e. The van der Waals surface area contributed by atoms with E-state index < -0.39 is 5.54 Å². The number of rotatable bonds is 7. The fourth-order valence-electron chi connectivity index (χ4n) is 1.49. The lowest BCUT2D eigenvalue weighted by Crippen LogP contribution is -2.48. The summed E-state index contributed by atoms with van der Waals surface area (Å²) in [6, 6.07) is 0.541. The number of carbonyl (C=O) groups is 1. The highest BCUT2D eigenvalue weighted by atomic mass is 16.5. The maximum atomic E-state index is 11.6. The summed E-state index contributed by atoms with van der Waals surface area (Å²) in [5.74, 6) is -0.192. The van der Waals surface area contributed by atoms with Crippen LogP contribution in [0.1, 0.15) is 33.6 Å². The largest absolute Gasteiger partial charge is 0.468 e. The third-order valence-corrected chi connectivity index (χ3v) is 3.26. The first-order valence-electron chi connectivity index (χ1n) is 5.85. The van der Waals surface area contributed by atoms with E-state index in [-0.39, 0.29) is 5.97 Å². The zero-order valence-electron chi connectivity index (χ0n) is 11.5. The highest BCUT2D eigenvalue weighted by Crippen LogP contribution is 2.14. The Hall–Kier alpha value is -0.610. The van der Waals surface area contributed by atoms with E-state index in [9.17, 15) is 4.79 Å². The van der Waals surface area contributed by atoms with Gasteiger partial charge in [-0.2, -0.15) is 0 Å². The molecule has 0 aromatic carbocycles. The van der Waals surface area contributed by atoms with Crippen LogP contribution in [0, 0.1) is 0 Å². The lowest BCUT2D eigenvalue weighted by atomic mass is 9.96. The van der Waals surface area contributed by atoms with E-state index in [4.69, 9.17) is 4.74 Å². The molecule has 1 unspecified atom stereocenters. The number of methoxy groups -OCH3 is 1. The number of nitrogens with one attached hydrogen (secondary N) is 1. The summed E-state index contributed by atoms with van der Waals surface area (Å²) in [4.78, 5) is 13.8. The van der Waals surface area contributed by atoms with Gasteiger partial charge in [0, 0.05) is 6.04 Å². The molecule has 0 fully saturated rings. The molecule has 0 bridgehead atoms. The molecule has 96 valence electrons. The first-order chi connectivity index (χ1) is 7.37. The first-order valence-corrected chi connectivity index (χ1v) is 5.85. The molecule has 0 saturated heterocycles. The van der Waals surface area contributed by atoms with E-state index in [0.717, 1.165) is 19.4 Å². The van der Waals surface area contributed by atoms with Crippen LogP contribution < -0.4 is 5.32 Å². The van der Waals surface area contributed by atoms with Crippen molar-refractivity contribution in [2.45, 2.75) is 45.2 Å². The van der Waals surface area contributed by atoms with Crippen molar-refractivity contribution < 1.29 is 9.53 Å². The fourth-order valence-corrected chi connectivity index (χ4v) is 1.49. The van der Waals surface area contributed by atoms with Gasteiger partial charge in [0.05, 0.1) is 7.11 Å². The van der Waals surface area contributed by atoms with Crippen LogP contribution in [-0.4, -0.2) is 50.2 Å². The van der Waals surface area contributed by atoms with Gasteiger partial charge >= 0.3 is 5.97 Å². The zero-order valence-corrected chi connectivity index (χ0v) is 11.5. The Balaban J connectivity index is 4.10. The molecule has 4 heteroatoms. The minimum atomic E-state index is -0.563. The van der Waals surface area contributed by atoms with Crippen molar-refractivity contribution in [3.05, 3.63) is 0 Å². The second-order valence-corrected chi connectivity index (χ2v) is 4.75. The maximum Gasteiger partial charge on any atom is 0.325 e. The van der Waals surface area contributed by atoms with Crippen molar-refractivity contribution in [2.75, 3.05) is 27.7 Å². The van der Waals surface area contributed by atoms with Gasteiger partial charge in [-0.15, -0.1) is 0 Å². The predicted octanol–water partition coefficient (Wildman–Crippen LogP) is 1.26. The van der Waals surface area contributed by atoms with Gasteiger partial charge in [0.15, 0.2) is 0 Å². The zero-order chi connectivity index (χ0) is 12.8. The molecule has 0 spiro atoms. The van der Waals surface area contributed by atoms with E-state index in [1.165, 1.54) is 7.11 Å². The third kappa shape index (κ3) is 4.49. The summed E-state index contributed by atoms with van der Waals surface area (Å²) in [6.45, 7) is 7.20. The summed E-state index contributed by atoms with van der Waals surface area (Å²) in [5, 5.41) is 3.04. The topological polar surface area (TPSA) is 41.6 Å². The van der Waals surface area contributed by atoms with Crippen molar-refractivity contribution >= 4 is 5.97 Å². The summed E-state index contributed by atoms with van der Waals surface area (Å²) in [7, 11) is 5.32. The van der Waals surface area contributed by atoms with E-state index in [0.29, 0.717) is 6.04 Å². The molecule has 0 aliphatic rings. The van der Waals surface area contributed by atoms with E-state index in [1.54, 1.807) is 7.05 Å². The van der Waals surface area contributed by atoms with Gasteiger partial charge in [-0.1, -0.05) is 0 Å². The molecule has 1 atom stereocenters. The lowest BCUT2D eigenvalue weighted by Gasteiger charge is -2.28. The smallest absolute Gasteiger partial charge is 0.325 e. The highest BCUT2D eigenvalue weighted by Gasteiger charge is 2.31. The maximum absolute atomic E-state index is 11.6. The van der Waals surface area contributed by atoms with Crippen LogP contribution in [0.5, 0.6) is 0 Å². The molecule has 0 aromatic heterocycles. The molecule has 0 radical (unpaired) electrons.